The normalized spacial score (nSPS) is 10.8. The van der Waals surface area contributed by atoms with Gasteiger partial charge in [0, 0.05) is 26.2 Å². The standard InChI is InChI=1S/C15H23F2N3O/c1-5-20(9-14(21)18-4)15-12(16)6-11(7-13(15)17)8-19-10(2)3/h6-7,10,19H,5,8-9H2,1-4H3,(H,18,21). The van der Waals surface area contributed by atoms with Crippen LogP contribution in [0.4, 0.5) is 14.5 Å². The van der Waals surface area contributed by atoms with Gasteiger partial charge in [0.25, 0.3) is 0 Å². The van der Waals surface area contributed by atoms with Crippen molar-refractivity contribution in [1.82, 2.24) is 10.6 Å². The first kappa shape index (κ1) is 17.4. The summed E-state index contributed by atoms with van der Waals surface area (Å²) in [7, 11) is 1.49. The fourth-order valence-corrected chi connectivity index (χ4v) is 1.95. The Bertz CT molecular complexity index is 469. The van der Waals surface area contributed by atoms with E-state index in [1.165, 1.54) is 24.1 Å². The first-order valence-electron chi connectivity index (χ1n) is 7.05. The topological polar surface area (TPSA) is 44.4 Å². The van der Waals surface area contributed by atoms with E-state index in [1.807, 2.05) is 13.8 Å². The van der Waals surface area contributed by atoms with Gasteiger partial charge in [-0.25, -0.2) is 8.78 Å². The van der Waals surface area contributed by atoms with Gasteiger partial charge in [0.2, 0.25) is 5.91 Å². The second-order valence-corrected chi connectivity index (χ2v) is 5.13. The van der Waals surface area contributed by atoms with Crippen LogP contribution >= 0.6 is 0 Å². The number of hydrogen-bond acceptors (Lipinski definition) is 3. The van der Waals surface area contributed by atoms with Crippen molar-refractivity contribution >= 4 is 11.6 Å². The van der Waals surface area contributed by atoms with Gasteiger partial charge >= 0.3 is 0 Å². The first-order chi connectivity index (χ1) is 9.88. The van der Waals surface area contributed by atoms with Gasteiger partial charge in [-0.2, -0.15) is 0 Å². The molecule has 2 N–H and O–H groups in total. The molecule has 0 bridgehead atoms. The molecule has 0 saturated carbocycles. The van der Waals surface area contributed by atoms with E-state index in [0.29, 0.717) is 18.7 Å². The molecule has 1 aromatic rings. The maximum Gasteiger partial charge on any atom is 0.239 e. The zero-order chi connectivity index (χ0) is 16.0. The van der Waals surface area contributed by atoms with E-state index >= 15 is 0 Å². The minimum Gasteiger partial charge on any atom is -0.358 e. The molecule has 0 aliphatic rings. The Morgan fingerprint density at radius 3 is 2.29 bits per heavy atom. The third-order valence-electron chi connectivity index (χ3n) is 3.10. The van der Waals surface area contributed by atoms with E-state index in [0.717, 1.165) is 0 Å². The summed E-state index contributed by atoms with van der Waals surface area (Å²) in [5.41, 5.74) is 0.382. The number of amides is 1. The summed E-state index contributed by atoms with van der Waals surface area (Å²) in [6.07, 6.45) is 0. The van der Waals surface area contributed by atoms with Crippen molar-refractivity contribution in [2.24, 2.45) is 0 Å². The van der Waals surface area contributed by atoms with Gasteiger partial charge in [-0.3, -0.25) is 4.79 Å². The van der Waals surface area contributed by atoms with Gasteiger partial charge in [-0.05, 0) is 24.6 Å². The zero-order valence-corrected chi connectivity index (χ0v) is 13.0. The molecular weight excluding hydrogens is 276 g/mol. The lowest BCUT2D eigenvalue weighted by molar-refractivity contribution is -0.119. The number of nitrogens with one attached hydrogen (secondary N) is 2. The predicted octanol–water partition coefficient (Wildman–Crippen LogP) is 2.04. The number of nitrogens with zero attached hydrogens (tertiary/aromatic N) is 1. The molecule has 1 rings (SSSR count). The third kappa shape index (κ3) is 4.97. The number of halogens is 2. The van der Waals surface area contributed by atoms with E-state index in [4.69, 9.17) is 0 Å². The minimum absolute atomic E-state index is 0.0789. The highest BCUT2D eigenvalue weighted by Gasteiger charge is 2.19. The maximum absolute atomic E-state index is 14.2. The predicted molar refractivity (Wildman–Crippen MR) is 80.3 cm³/mol. The summed E-state index contributed by atoms with van der Waals surface area (Å²) < 4.78 is 28.4. The van der Waals surface area contributed by atoms with Crippen LogP contribution in [0.2, 0.25) is 0 Å². The second-order valence-electron chi connectivity index (χ2n) is 5.13. The molecule has 118 valence electrons. The van der Waals surface area contributed by atoms with Crippen molar-refractivity contribution in [3.05, 3.63) is 29.3 Å². The van der Waals surface area contributed by atoms with Crippen LogP contribution in [0.1, 0.15) is 26.3 Å². The Hall–Kier alpha value is -1.69. The number of likely N-dealkylation sites (N-methyl/N-ethyl adjacent to an activating group) is 2. The van der Waals surface area contributed by atoms with Crippen molar-refractivity contribution < 1.29 is 13.6 Å². The van der Waals surface area contributed by atoms with E-state index in [2.05, 4.69) is 10.6 Å². The lowest BCUT2D eigenvalue weighted by Crippen LogP contribution is -2.36. The van der Waals surface area contributed by atoms with E-state index in [-0.39, 0.29) is 24.2 Å². The Labute approximate surface area is 124 Å². The van der Waals surface area contributed by atoms with Crippen LogP contribution in [-0.2, 0) is 11.3 Å². The highest BCUT2D eigenvalue weighted by atomic mass is 19.1. The van der Waals surface area contributed by atoms with Gasteiger partial charge < -0.3 is 15.5 Å². The molecule has 0 aliphatic carbocycles. The monoisotopic (exact) mass is 299 g/mol. The van der Waals surface area contributed by atoms with Gasteiger partial charge in [-0.15, -0.1) is 0 Å². The maximum atomic E-state index is 14.2. The van der Waals surface area contributed by atoms with Crippen LogP contribution in [0.15, 0.2) is 12.1 Å². The molecule has 6 heteroatoms. The number of carbonyl (C=O) groups excluding carboxylic acids is 1. The Kier molecular flexibility index (Phi) is 6.55. The quantitative estimate of drug-likeness (QED) is 0.810. The summed E-state index contributed by atoms with van der Waals surface area (Å²) >= 11 is 0. The van der Waals surface area contributed by atoms with Gasteiger partial charge in [0.05, 0.1) is 6.54 Å². The number of benzene rings is 1. The lowest BCUT2D eigenvalue weighted by atomic mass is 10.1. The average molecular weight is 299 g/mol. The van der Waals surface area contributed by atoms with Crippen LogP contribution in [-0.4, -0.2) is 32.1 Å². The van der Waals surface area contributed by atoms with Crippen molar-refractivity contribution in [2.75, 3.05) is 25.0 Å². The van der Waals surface area contributed by atoms with E-state index in [1.54, 1.807) is 6.92 Å². The van der Waals surface area contributed by atoms with Crippen molar-refractivity contribution in [1.29, 1.82) is 0 Å². The number of hydrogen-bond donors (Lipinski definition) is 2. The fraction of sp³-hybridized carbons (Fsp3) is 0.533. The van der Waals surface area contributed by atoms with Crippen LogP contribution in [0.3, 0.4) is 0 Å². The molecule has 1 aromatic carbocycles. The largest absolute Gasteiger partial charge is 0.358 e. The summed E-state index contributed by atoms with van der Waals surface area (Å²) in [5.74, 6) is -1.59. The first-order valence-corrected chi connectivity index (χ1v) is 7.05. The van der Waals surface area contributed by atoms with Crippen LogP contribution in [0.25, 0.3) is 0 Å². The second kappa shape index (κ2) is 7.93. The third-order valence-corrected chi connectivity index (χ3v) is 3.10. The summed E-state index contributed by atoms with van der Waals surface area (Å²) in [4.78, 5) is 12.8. The minimum atomic E-state index is -0.652. The number of rotatable bonds is 7. The van der Waals surface area contributed by atoms with Gasteiger partial charge in [0.1, 0.15) is 17.3 Å². The molecule has 0 aliphatic heterocycles. The molecule has 4 nitrogen and oxygen atoms in total. The van der Waals surface area contributed by atoms with Crippen molar-refractivity contribution in [3.63, 3.8) is 0 Å². The summed E-state index contributed by atoms with van der Waals surface area (Å²) in [5, 5.41) is 5.56. The van der Waals surface area contributed by atoms with Gasteiger partial charge in [-0.1, -0.05) is 13.8 Å². The van der Waals surface area contributed by atoms with Crippen molar-refractivity contribution in [2.45, 2.75) is 33.4 Å². The molecule has 0 spiro atoms. The molecule has 0 atom stereocenters. The molecule has 0 radical (unpaired) electrons. The van der Waals surface area contributed by atoms with Gasteiger partial charge in [0.15, 0.2) is 0 Å². The molecule has 0 unspecified atom stereocenters. The van der Waals surface area contributed by atoms with Crippen LogP contribution < -0.4 is 15.5 Å². The number of anilines is 1. The smallest absolute Gasteiger partial charge is 0.239 e. The molecule has 0 fully saturated rings. The Morgan fingerprint density at radius 1 is 1.29 bits per heavy atom. The highest BCUT2D eigenvalue weighted by molar-refractivity contribution is 5.81. The van der Waals surface area contributed by atoms with E-state index < -0.39 is 11.6 Å². The van der Waals surface area contributed by atoms with E-state index in [9.17, 15) is 13.6 Å². The molecular formula is C15H23F2N3O. The SMILES string of the molecule is CCN(CC(=O)NC)c1c(F)cc(CNC(C)C)cc1F. The van der Waals surface area contributed by atoms with Crippen molar-refractivity contribution in [3.8, 4) is 0 Å². The Morgan fingerprint density at radius 2 is 1.86 bits per heavy atom. The zero-order valence-electron chi connectivity index (χ0n) is 13.0. The number of carbonyl (C=O) groups is 1. The molecule has 21 heavy (non-hydrogen) atoms. The molecule has 0 saturated heterocycles. The summed E-state index contributed by atoms with van der Waals surface area (Å²) in [6, 6.07) is 2.84. The summed E-state index contributed by atoms with van der Waals surface area (Å²) in [6.45, 7) is 6.32. The van der Waals surface area contributed by atoms with Crippen LogP contribution in [0, 0.1) is 11.6 Å². The lowest BCUT2D eigenvalue weighted by Gasteiger charge is -2.23. The molecule has 0 heterocycles. The molecule has 1 amide bonds. The van der Waals surface area contributed by atoms with Crippen LogP contribution in [0.5, 0.6) is 0 Å². The average Bonchev–Trinajstić information content (AvgIpc) is 2.42. The highest BCUT2D eigenvalue weighted by Crippen LogP contribution is 2.25. The fourth-order valence-electron chi connectivity index (χ4n) is 1.95. The molecule has 0 aromatic heterocycles. The Balaban J connectivity index is 2.99.